The number of nitrogens with zero attached hydrogens (tertiary/aromatic N) is 1. The van der Waals surface area contributed by atoms with E-state index < -0.39 is 0 Å². The van der Waals surface area contributed by atoms with Crippen molar-refractivity contribution in [2.75, 3.05) is 5.32 Å². The molecule has 134 valence electrons. The fourth-order valence-corrected chi connectivity index (χ4v) is 5.49. The molecule has 1 N–H and O–H groups in total. The van der Waals surface area contributed by atoms with Crippen LogP contribution < -0.4 is 5.32 Å². The van der Waals surface area contributed by atoms with Gasteiger partial charge in [-0.15, -0.1) is 23.1 Å². The average molecular weight is 415 g/mol. The molecule has 1 aromatic heterocycles. The third kappa shape index (κ3) is 5.13. The van der Waals surface area contributed by atoms with Gasteiger partial charge in [-0.25, -0.2) is 4.98 Å². The summed E-state index contributed by atoms with van der Waals surface area (Å²) in [6, 6.07) is 5.31. The molecular weight excluding hydrogens is 395 g/mol. The third-order valence-electron chi connectivity index (χ3n) is 4.26. The Morgan fingerprint density at radius 1 is 1.32 bits per heavy atom. The summed E-state index contributed by atoms with van der Waals surface area (Å²) < 4.78 is 0. The van der Waals surface area contributed by atoms with E-state index in [0.29, 0.717) is 20.4 Å². The van der Waals surface area contributed by atoms with Gasteiger partial charge in [0, 0.05) is 21.2 Å². The van der Waals surface area contributed by atoms with Gasteiger partial charge in [0.1, 0.15) is 0 Å². The van der Waals surface area contributed by atoms with E-state index in [2.05, 4.69) is 10.3 Å². The molecule has 2 aromatic rings. The molecule has 0 spiro atoms. The number of hydrogen-bond acceptors (Lipinski definition) is 4. The van der Waals surface area contributed by atoms with Crippen LogP contribution in [0.1, 0.15) is 39.0 Å². The van der Waals surface area contributed by atoms with Crippen molar-refractivity contribution in [1.82, 2.24) is 4.98 Å². The lowest BCUT2D eigenvalue weighted by molar-refractivity contribution is -0.115. The van der Waals surface area contributed by atoms with E-state index in [1.54, 1.807) is 23.9 Å². The minimum absolute atomic E-state index is 0.0127. The number of thioether (sulfide) groups is 1. The summed E-state index contributed by atoms with van der Waals surface area (Å²) in [5, 5.41) is 7.10. The number of rotatable bonds is 5. The smallest absolute Gasteiger partial charge is 0.238 e. The molecule has 1 aromatic carbocycles. The first kappa shape index (κ1) is 19.0. The SMILES string of the molecule is CC(SC1CCCCC1)C(=O)Nc1nc(-c2ccc(Cl)cc2Cl)cs1. The highest BCUT2D eigenvalue weighted by molar-refractivity contribution is 8.01. The van der Waals surface area contributed by atoms with Gasteiger partial charge < -0.3 is 5.32 Å². The van der Waals surface area contributed by atoms with Gasteiger partial charge in [-0.3, -0.25) is 4.79 Å². The predicted molar refractivity (Wildman–Crippen MR) is 110 cm³/mol. The monoisotopic (exact) mass is 414 g/mol. The summed E-state index contributed by atoms with van der Waals surface area (Å²) in [6.07, 6.45) is 6.33. The van der Waals surface area contributed by atoms with Crippen molar-refractivity contribution in [3.05, 3.63) is 33.6 Å². The summed E-state index contributed by atoms with van der Waals surface area (Å²) in [5.74, 6) is 0.0127. The number of halogens is 2. The molecule has 1 heterocycles. The van der Waals surface area contributed by atoms with E-state index in [1.807, 2.05) is 18.4 Å². The maximum absolute atomic E-state index is 12.4. The summed E-state index contributed by atoms with van der Waals surface area (Å²) >= 11 is 15.3. The van der Waals surface area contributed by atoms with Crippen LogP contribution in [-0.2, 0) is 4.79 Å². The second-order valence-corrected chi connectivity index (χ2v) is 9.54. The summed E-state index contributed by atoms with van der Waals surface area (Å²) in [6.45, 7) is 1.97. The number of amides is 1. The van der Waals surface area contributed by atoms with Crippen LogP contribution in [0.2, 0.25) is 10.0 Å². The van der Waals surface area contributed by atoms with Gasteiger partial charge in [0.2, 0.25) is 5.91 Å². The molecule has 1 saturated carbocycles. The fraction of sp³-hybridized carbons (Fsp3) is 0.444. The van der Waals surface area contributed by atoms with Crippen LogP contribution >= 0.6 is 46.3 Å². The Labute approximate surface area is 166 Å². The molecule has 1 atom stereocenters. The van der Waals surface area contributed by atoms with Crippen molar-refractivity contribution < 1.29 is 4.79 Å². The van der Waals surface area contributed by atoms with E-state index >= 15 is 0 Å². The van der Waals surface area contributed by atoms with E-state index in [1.165, 1.54) is 43.4 Å². The van der Waals surface area contributed by atoms with Gasteiger partial charge in [-0.1, -0.05) is 42.5 Å². The van der Waals surface area contributed by atoms with E-state index in [0.717, 1.165) is 11.3 Å². The van der Waals surface area contributed by atoms with Crippen molar-refractivity contribution in [3.8, 4) is 11.3 Å². The van der Waals surface area contributed by atoms with Crippen molar-refractivity contribution in [1.29, 1.82) is 0 Å². The second kappa shape index (κ2) is 8.76. The van der Waals surface area contributed by atoms with Crippen molar-refractivity contribution >= 4 is 57.3 Å². The molecule has 3 rings (SSSR count). The van der Waals surface area contributed by atoms with Crippen molar-refractivity contribution in [3.63, 3.8) is 0 Å². The molecule has 0 bridgehead atoms. The zero-order chi connectivity index (χ0) is 17.8. The number of carbonyl (C=O) groups excluding carboxylic acids is 1. The number of carbonyl (C=O) groups is 1. The molecular formula is C18H20Cl2N2OS2. The van der Waals surface area contributed by atoms with Crippen LogP contribution in [0, 0.1) is 0 Å². The molecule has 3 nitrogen and oxygen atoms in total. The van der Waals surface area contributed by atoms with Gasteiger partial charge in [-0.05, 0) is 38.0 Å². The van der Waals surface area contributed by atoms with Crippen LogP contribution in [0.5, 0.6) is 0 Å². The normalized spacial score (nSPS) is 16.6. The minimum atomic E-state index is -0.0745. The van der Waals surface area contributed by atoms with E-state index in [4.69, 9.17) is 23.2 Å². The predicted octanol–water partition coefficient (Wildman–Crippen LogP) is 6.51. The first-order valence-corrected chi connectivity index (χ1v) is 11.0. The molecule has 25 heavy (non-hydrogen) atoms. The second-order valence-electron chi connectivity index (χ2n) is 6.19. The number of nitrogens with one attached hydrogen (secondary N) is 1. The Kier molecular flexibility index (Phi) is 6.67. The lowest BCUT2D eigenvalue weighted by Crippen LogP contribution is -2.25. The highest BCUT2D eigenvalue weighted by atomic mass is 35.5. The lowest BCUT2D eigenvalue weighted by atomic mass is 10.0. The summed E-state index contributed by atoms with van der Waals surface area (Å²) in [4.78, 5) is 16.9. The van der Waals surface area contributed by atoms with Gasteiger partial charge in [0.15, 0.2) is 5.13 Å². The molecule has 0 aliphatic heterocycles. The number of thiazole rings is 1. The number of hydrogen-bond donors (Lipinski definition) is 1. The van der Waals surface area contributed by atoms with Crippen LogP contribution in [0.3, 0.4) is 0 Å². The Morgan fingerprint density at radius 3 is 2.80 bits per heavy atom. The fourth-order valence-electron chi connectivity index (χ4n) is 2.91. The van der Waals surface area contributed by atoms with Gasteiger partial charge in [-0.2, -0.15) is 0 Å². The topological polar surface area (TPSA) is 42.0 Å². The summed E-state index contributed by atoms with van der Waals surface area (Å²) in [5.41, 5.74) is 1.56. The molecule has 1 unspecified atom stereocenters. The van der Waals surface area contributed by atoms with Gasteiger partial charge in [0.05, 0.1) is 16.0 Å². The highest BCUT2D eigenvalue weighted by Crippen LogP contribution is 2.34. The van der Waals surface area contributed by atoms with Crippen LogP contribution in [0.4, 0.5) is 5.13 Å². The van der Waals surface area contributed by atoms with Crippen molar-refractivity contribution in [2.24, 2.45) is 0 Å². The quantitative estimate of drug-likeness (QED) is 0.605. The summed E-state index contributed by atoms with van der Waals surface area (Å²) in [7, 11) is 0. The Hall–Kier alpha value is -0.750. The Bertz CT molecular complexity index is 744. The molecule has 7 heteroatoms. The highest BCUT2D eigenvalue weighted by Gasteiger charge is 2.22. The maximum atomic E-state index is 12.4. The largest absolute Gasteiger partial charge is 0.301 e. The molecule has 1 fully saturated rings. The van der Waals surface area contributed by atoms with Crippen LogP contribution in [-0.4, -0.2) is 21.4 Å². The average Bonchev–Trinajstić information content (AvgIpc) is 3.04. The van der Waals surface area contributed by atoms with Crippen molar-refractivity contribution in [2.45, 2.75) is 49.5 Å². The van der Waals surface area contributed by atoms with Crippen LogP contribution in [0.25, 0.3) is 11.3 Å². The number of anilines is 1. The molecule has 1 aliphatic rings. The standard InChI is InChI=1S/C18H20Cl2N2OS2/c1-11(25-13-5-3-2-4-6-13)17(23)22-18-21-16(10-24-18)14-8-7-12(19)9-15(14)20/h7-11,13H,2-6H2,1H3,(H,21,22,23). The third-order valence-corrected chi connectivity index (χ3v) is 7.04. The first-order valence-electron chi connectivity index (χ1n) is 8.40. The van der Waals surface area contributed by atoms with Crippen LogP contribution in [0.15, 0.2) is 23.6 Å². The Balaban J connectivity index is 1.61. The zero-order valence-corrected chi connectivity index (χ0v) is 17.1. The molecule has 1 amide bonds. The van der Waals surface area contributed by atoms with Gasteiger partial charge >= 0.3 is 0 Å². The molecule has 1 aliphatic carbocycles. The zero-order valence-electron chi connectivity index (χ0n) is 13.9. The first-order chi connectivity index (χ1) is 12.0. The van der Waals surface area contributed by atoms with E-state index in [-0.39, 0.29) is 11.2 Å². The lowest BCUT2D eigenvalue weighted by Gasteiger charge is -2.23. The Morgan fingerprint density at radius 2 is 2.08 bits per heavy atom. The minimum Gasteiger partial charge on any atom is -0.301 e. The molecule has 0 radical (unpaired) electrons. The van der Waals surface area contributed by atoms with E-state index in [9.17, 15) is 4.79 Å². The van der Waals surface area contributed by atoms with Gasteiger partial charge in [0.25, 0.3) is 0 Å². The number of aromatic nitrogens is 1. The molecule has 0 saturated heterocycles. The maximum Gasteiger partial charge on any atom is 0.238 e. The number of benzene rings is 1.